The fourth-order valence-electron chi connectivity index (χ4n) is 2.34. The molecule has 4 N–H and O–H groups in total. The zero-order valence-electron chi connectivity index (χ0n) is 11.5. The molecule has 1 aromatic heterocycles. The Morgan fingerprint density at radius 2 is 2.24 bits per heavy atom. The number of fused-ring (bicyclic) bond motifs is 1. The van der Waals surface area contributed by atoms with Gasteiger partial charge in [-0.1, -0.05) is 0 Å². The highest BCUT2D eigenvalue weighted by molar-refractivity contribution is 7.98. The lowest BCUT2D eigenvalue weighted by Crippen LogP contribution is -2.32. The van der Waals surface area contributed by atoms with Crippen molar-refractivity contribution < 1.29 is 14.8 Å². The lowest BCUT2D eigenvalue weighted by atomic mass is 10.0. The Balaban J connectivity index is 2.72. The monoisotopic (exact) mass is 309 g/mol. The van der Waals surface area contributed by atoms with Crippen LogP contribution in [0.4, 0.5) is 5.69 Å². The number of aliphatic carboxylic acids is 1. The number of non-ortho nitro benzene ring substituents is 1. The minimum Gasteiger partial charge on any atom is -0.480 e. The Morgan fingerprint density at radius 1 is 1.57 bits per heavy atom. The first kappa shape index (κ1) is 15.3. The maximum absolute atomic E-state index is 11.2. The summed E-state index contributed by atoms with van der Waals surface area (Å²) < 4.78 is 0. The summed E-state index contributed by atoms with van der Waals surface area (Å²) in [5.41, 5.74) is 7.47. The maximum atomic E-state index is 11.2. The number of nitro groups is 1. The normalized spacial score (nSPS) is 12.5. The minimum absolute atomic E-state index is 0.0415. The van der Waals surface area contributed by atoms with Crippen LogP contribution in [0.25, 0.3) is 10.9 Å². The van der Waals surface area contributed by atoms with Crippen LogP contribution in [0.15, 0.2) is 17.0 Å². The van der Waals surface area contributed by atoms with Crippen molar-refractivity contribution in [2.24, 2.45) is 5.73 Å². The molecule has 112 valence electrons. The van der Waals surface area contributed by atoms with Crippen molar-refractivity contribution in [3.63, 3.8) is 0 Å². The summed E-state index contributed by atoms with van der Waals surface area (Å²) in [6.07, 6.45) is 1.92. The summed E-state index contributed by atoms with van der Waals surface area (Å²) in [6, 6.07) is 2.03. The Bertz CT molecular complexity index is 726. The van der Waals surface area contributed by atoms with Crippen molar-refractivity contribution in [2.75, 3.05) is 6.26 Å². The highest BCUT2D eigenvalue weighted by Crippen LogP contribution is 2.36. The van der Waals surface area contributed by atoms with Gasteiger partial charge >= 0.3 is 5.97 Å². The highest BCUT2D eigenvalue weighted by Gasteiger charge is 2.24. The highest BCUT2D eigenvalue weighted by atomic mass is 32.2. The molecule has 1 aromatic carbocycles. The number of carboxylic acids is 1. The van der Waals surface area contributed by atoms with E-state index in [9.17, 15) is 14.9 Å². The zero-order valence-corrected chi connectivity index (χ0v) is 12.4. The van der Waals surface area contributed by atoms with Gasteiger partial charge in [-0.2, -0.15) is 0 Å². The maximum Gasteiger partial charge on any atom is 0.320 e. The Hall–Kier alpha value is -2.06. The van der Waals surface area contributed by atoms with Gasteiger partial charge in [0, 0.05) is 23.1 Å². The van der Waals surface area contributed by atoms with E-state index in [1.807, 2.05) is 6.26 Å². The van der Waals surface area contributed by atoms with Crippen LogP contribution >= 0.6 is 11.8 Å². The number of thioether (sulfide) groups is 1. The van der Waals surface area contributed by atoms with E-state index < -0.39 is 16.9 Å². The molecule has 0 amide bonds. The van der Waals surface area contributed by atoms with Crippen molar-refractivity contribution in [1.82, 2.24) is 4.98 Å². The van der Waals surface area contributed by atoms with Crippen LogP contribution in [0.2, 0.25) is 0 Å². The van der Waals surface area contributed by atoms with E-state index in [0.717, 1.165) is 4.90 Å². The summed E-state index contributed by atoms with van der Waals surface area (Å²) in [6.45, 7) is 1.76. The van der Waals surface area contributed by atoms with E-state index in [0.29, 0.717) is 22.2 Å². The van der Waals surface area contributed by atoms with Crippen molar-refractivity contribution in [2.45, 2.75) is 24.3 Å². The van der Waals surface area contributed by atoms with E-state index in [2.05, 4.69) is 4.98 Å². The lowest BCUT2D eigenvalue weighted by Gasteiger charge is -2.07. The molecule has 0 saturated heterocycles. The second-order valence-corrected chi connectivity index (χ2v) is 5.52. The molecule has 1 atom stereocenters. The summed E-state index contributed by atoms with van der Waals surface area (Å²) in [4.78, 5) is 25.7. The summed E-state index contributed by atoms with van der Waals surface area (Å²) >= 11 is 1.46. The third-order valence-electron chi connectivity index (χ3n) is 3.37. The number of H-pyrrole nitrogens is 1. The van der Waals surface area contributed by atoms with Crippen LogP contribution in [0, 0.1) is 17.0 Å². The standard InChI is InChI=1S/C13H15N3O4S/c1-6-7(5-8(14)13(17)18)11-9(16(19)20)3-4-10(21-2)12(11)15-6/h3-4,8,15H,5,14H2,1-2H3,(H,17,18). The smallest absolute Gasteiger partial charge is 0.320 e. The molecular formula is C13H15N3O4S. The average molecular weight is 309 g/mol. The number of nitrogens with zero attached hydrogens (tertiary/aromatic N) is 1. The van der Waals surface area contributed by atoms with Crippen LogP contribution in [-0.4, -0.2) is 33.3 Å². The van der Waals surface area contributed by atoms with E-state index in [-0.39, 0.29) is 12.1 Å². The fraction of sp³-hybridized carbons (Fsp3) is 0.308. The number of nitrogens with one attached hydrogen (secondary N) is 1. The van der Waals surface area contributed by atoms with Gasteiger partial charge in [0.2, 0.25) is 0 Å². The first-order chi connectivity index (χ1) is 9.86. The lowest BCUT2D eigenvalue weighted by molar-refractivity contribution is -0.383. The van der Waals surface area contributed by atoms with Crippen LogP contribution in [-0.2, 0) is 11.2 Å². The number of aromatic amines is 1. The fourth-order valence-corrected chi connectivity index (χ4v) is 2.90. The predicted molar refractivity (Wildman–Crippen MR) is 80.8 cm³/mol. The number of aryl methyl sites for hydroxylation is 1. The molecule has 0 saturated carbocycles. The first-order valence-corrected chi connectivity index (χ1v) is 7.40. The summed E-state index contributed by atoms with van der Waals surface area (Å²) in [5, 5.41) is 20.6. The van der Waals surface area contributed by atoms with Gasteiger partial charge in [-0.15, -0.1) is 11.8 Å². The van der Waals surface area contributed by atoms with Gasteiger partial charge < -0.3 is 15.8 Å². The van der Waals surface area contributed by atoms with Crippen molar-refractivity contribution in [3.05, 3.63) is 33.5 Å². The van der Waals surface area contributed by atoms with Crippen LogP contribution in [0.1, 0.15) is 11.3 Å². The molecule has 1 unspecified atom stereocenters. The molecule has 0 bridgehead atoms. The van der Waals surface area contributed by atoms with Crippen LogP contribution in [0.5, 0.6) is 0 Å². The van der Waals surface area contributed by atoms with Gasteiger partial charge in [0.25, 0.3) is 5.69 Å². The van der Waals surface area contributed by atoms with Crippen LogP contribution in [0.3, 0.4) is 0 Å². The van der Waals surface area contributed by atoms with Gasteiger partial charge in [0.05, 0.1) is 15.8 Å². The molecule has 0 aliphatic carbocycles. The third-order valence-corrected chi connectivity index (χ3v) is 4.15. The number of hydrogen-bond acceptors (Lipinski definition) is 5. The number of rotatable bonds is 5. The van der Waals surface area contributed by atoms with Crippen LogP contribution < -0.4 is 5.73 Å². The predicted octanol–water partition coefficient (Wildman–Crippen LogP) is 2.06. The SMILES string of the molecule is CSc1ccc([N+](=O)[O-])c2c(CC(N)C(=O)O)c(C)[nH]c12. The van der Waals surface area contributed by atoms with E-state index in [1.165, 1.54) is 17.8 Å². The number of benzene rings is 1. The third kappa shape index (κ3) is 2.72. The molecule has 2 rings (SSSR count). The molecule has 7 nitrogen and oxygen atoms in total. The molecular weight excluding hydrogens is 294 g/mol. The number of nitrogens with two attached hydrogens (primary N) is 1. The van der Waals surface area contributed by atoms with Crippen molar-refractivity contribution in [1.29, 1.82) is 0 Å². The molecule has 21 heavy (non-hydrogen) atoms. The van der Waals surface area contributed by atoms with Gasteiger partial charge in [0.15, 0.2) is 0 Å². The first-order valence-electron chi connectivity index (χ1n) is 6.17. The van der Waals surface area contributed by atoms with Crippen molar-refractivity contribution >= 4 is 34.3 Å². The topological polar surface area (TPSA) is 122 Å². The van der Waals surface area contributed by atoms with Gasteiger partial charge in [-0.25, -0.2) is 0 Å². The zero-order chi connectivity index (χ0) is 15.7. The average Bonchev–Trinajstić information content (AvgIpc) is 2.74. The van der Waals surface area contributed by atoms with Gasteiger partial charge in [-0.3, -0.25) is 14.9 Å². The molecule has 0 radical (unpaired) electrons. The molecule has 0 spiro atoms. The van der Waals surface area contributed by atoms with E-state index in [1.54, 1.807) is 13.0 Å². The molecule has 0 aliphatic rings. The van der Waals surface area contributed by atoms with E-state index >= 15 is 0 Å². The molecule has 0 fully saturated rings. The number of aromatic nitrogens is 1. The number of carbonyl (C=O) groups is 1. The van der Waals surface area contributed by atoms with Gasteiger partial charge in [0.1, 0.15) is 6.04 Å². The molecule has 2 aromatic rings. The molecule has 1 heterocycles. The number of carboxylic acid groups (broad SMARTS) is 1. The number of nitro benzene ring substituents is 1. The van der Waals surface area contributed by atoms with Gasteiger partial charge in [-0.05, 0) is 24.8 Å². The van der Waals surface area contributed by atoms with E-state index in [4.69, 9.17) is 10.8 Å². The Labute approximate surface area is 124 Å². The minimum atomic E-state index is -1.13. The largest absolute Gasteiger partial charge is 0.480 e. The second kappa shape index (κ2) is 5.74. The Kier molecular flexibility index (Phi) is 4.19. The second-order valence-electron chi connectivity index (χ2n) is 4.67. The summed E-state index contributed by atoms with van der Waals surface area (Å²) in [7, 11) is 0. The summed E-state index contributed by atoms with van der Waals surface area (Å²) in [5.74, 6) is -1.13. The molecule has 0 aliphatic heterocycles. The molecule has 8 heteroatoms. The van der Waals surface area contributed by atoms with Crippen molar-refractivity contribution in [3.8, 4) is 0 Å². The number of hydrogen-bond donors (Lipinski definition) is 3. The quantitative estimate of drug-likeness (QED) is 0.441. The Morgan fingerprint density at radius 3 is 2.76 bits per heavy atom.